The maximum absolute atomic E-state index is 13.3. The highest BCUT2D eigenvalue weighted by molar-refractivity contribution is 6.30. The normalized spacial score (nSPS) is 26.9. The predicted molar refractivity (Wildman–Crippen MR) is 75.6 cm³/mol. The van der Waals surface area contributed by atoms with E-state index in [1.54, 1.807) is 6.07 Å². The van der Waals surface area contributed by atoms with Crippen LogP contribution in [0.2, 0.25) is 5.02 Å². The molecule has 0 aromatic heterocycles. The number of nitrogens with one attached hydrogen (secondary N) is 1. The van der Waals surface area contributed by atoms with E-state index in [1.165, 1.54) is 18.6 Å². The van der Waals surface area contributed by atoms with Crippen LogP contribution in [-0.2, 0) is 0 Å². The molecule has 1 aliphatic carbocycles. The molecule has 1 nitrogen and oxygen atoms in total. The van der Waals surface area contributed by atoms with Crippen LogP contribution in [0, 0.1) is 17.2 Å². The van der Waals surface area contributed by atoms with Gasteiger partial charge >= 0.3 is 0 Å². The van der Waals surface area contributed by atoms with Crippen LogP contribution in [0.3, 0.4) is 0 Å². The topological polar surface area (TPSA) is 12.0 Å². The van der Waals surface area contributed by atoms with Gasteiger partial charge in [-0.1, -0.05) is 32.4 Å². The van der Waals surface area contributed by atoms with Crippen LogP contribution < -0.4 is 5.32 Å². The lowest BCUT2D eigenvalue weighted by Crippen LogP contribution is -2.35. The van der Waals surface area contributed by atoms with Gasteiger partial charge in [-0.25, -0.2) is 4.39 Å². The average molecular weight is 270 g/mol. The number of anilines is 1. The lowest BCUT2D eigenvalue weighted by Gasteiger charge is -2.39. The molecule has 1 saturated carbocycles. The van der Waals surface area contributed by atoms with E-state index in [0.717, 1.165) is 18.5 Å². The van der Waals surface area contributed by atoms with E-state index >= 15 is 0 Å². The van der Waals surface area contributed by atoms with Crippen LogP contribution in [0.1, 0.15) is 40.0 Å². The van der Waals surface area contributed by atoms with Crippen LogP contribution in [0.25, 0.3) is 0 Å². The summed E-state index contributed by atoms with van der Waals surface area (Å²) in [5, 5.41) is 3.87. The summed E-state index contributed by atoms with van der Waals surface area (Å²) >= 11 is 5.87. The van der Waals surface area contributed by atoms with Crippen molar-refractivity contribution in [2.45, 2.75) is 46.1 Å². The van der Waals surface area contributed by atoms with Crippen molar-refractivity contribution < 1.29 is 4.39 Å². The molecule has 100 valence electrons. The highest BCUT2D eigenvalue weighted by Crippen LogP contribution is 2.39. The minimum absolute atomic E-state index is 0.284. The van der Waals surface area contributed by atoms with Gasteiger partial charge in [0.25, 0.3) is 0 Å². The minimum Gasteiger partial charge on any atom is -0.382 e. The van der Waals surface area contributed by atoms with E-state index in [4.69, 9.17) is 11.6 Å². The predicted octanol–water partition coefficient (Wildman–Crippen LogP) is 5.11. The Morgan fingerprint density at radius 1 is 1.28 bits per heavy atom. The Morgan fingerprint density at radius 2 is 2.00 bits per heavy atom. The Morgan fingerprint density at radius 3 is 2.61 bits per heavy atom. The summed E-state index contributed by atoms with van der Waals surface area (Å²) in [6.07, 6.45) is 3.51. The van der Waals surface area contributed by atoms with Crippen LogP contribution in [0.4, 0.5) is 10.1 Å². The van der Waals surface area contributed by atoms with Crippen molar-refractivity contribution in [1.82, 2.24) is 0 Å². The molecule has 0 heterocycles. The lowest BCUT2D eigenvalue weighted by atomic mass is 9.70. The summed E-state index contributed by atoms with van der Waals surface area (Å²) in [6, 6.07) is 5.04. The monoisotopic (exact) mass is 269 g/mol. The number of benzene rings is 1. The molecular weight excluding hydrogens is 249 g/mol. The third-order valence-electron chi connectivity index (χ3n) is 3.62. The number of halogens is 2. The highest BCUT2D eigenvalue weighted by Gasteiger charge is 2.31. The maximum atomic E-state index is 13.3. The molecule has 2 unspecified atom stereocenters. The van der Waals surface area contributed by atoms with E-state index in [0.29, 0.717) is 22.4 Å². The smallest absolute Gasteiger partial charge is 0.126 e. The zero-order chi connectivity index (χ0) is 13.3. The van der Waals surface area contributed by atoms with E-state index < -0.39 is 0 Å². The van der Waals surface area contributed by atoms with Gasteiger partial charge in [-0.3, -0.25) is 0 Å². The summed E-state index contributed by atoms with van der Waals surface area (Å²) < 4.78 is 13.3. The van der Waals surface area contributed by atoms with Crippen LogP contribution in [-0.4, -0.2) is 6.04 Å². The molecule has 1 aromatic rings. The van der Waals surface area contributed by atoms with Crippen molar-refractivity contribution >= 4 is 17.3 Å². The van der Waals surface area contributed by atoms with E-state index in [-0.39, 0.29) is 5.82 Å². The summed E-state index contributed by atoms with van der Waals surface area (Å²) in [6.45, 7) is 6.89. The molecule has 1 fully saturated rings. The standard InChI is InChI=1S/C15H21ClFN/c1-10-4-14(9-15(2,3)8-10)18-13-6-11(16)5-12(17)7-13/h5-7,10,14,18H,4,8-9H2,1-3H3. The fraction of sp³-hybridized carbons (Fsp3) is 0.600. The molecule has 0 bridgehead atoms. The Hall–Kier alpha value is -0.760. The summed E-state index contributed by atoms with van der Waals surface area (Å²) in [7, 11) is 0. The zero-order valence-electron chi connectivity index (χ0n) is 11.3. The molecule has 2 rings (SSSR count). The Bertz CT molecular complexity index is 410. The van der Waals surface area contributed by atoms with Crippen molar-refractivity contribution in [1.29, 1.82) is 0 Å². The van der Waals surface area contributed by atoms with Crippen LogP contribution in [0.5, 0.6) is 0 Å². The molecule has 1 aromatic carbocycles. The van der Waals surface area contributed by atoms with E-state index in [1.807, 2.05) is 0 Å². The van der Waals surface area contributed by atoms with Crippen molar-refractivity contribution in [3.05, 3.63) is 29.0 Å². The van der Waals surface area contributed by atoms with Crippen molar-refractivity contribution in [3.63, 3.8) is 0 Å². The molecule has 0 radical (unpaired) electrons. The minimum atomic E-state index is -0.284. The van der Waals surface area contributed by atoms with Gasteiger partial charge in [0.2, 0.25) is 0 Å². The quantitative estimate of drug-likeness (QED) is 0.787. The van der Waals surface area contributed by atoms with Crippen molar-refractivity contribution in [2.24, 2.45) is 11.3 Å². The lowest BCUT2D eigenvalue weighted by molar-refractivity contribution is 0.178. The van der Waals surface area contributed by atoms with Gasteiger partial charge in [0.05, 0.1) is 0 Å². The average Bonchev–Trinajstić information content (AvgIpc) is 2.10. The molecule has 2 atom stereocenters. The molecule has 0 saturated heterocycles. The van der Waals surface area contributed by atoms with Gasteiger partial charge in [0.15, 0.2) is 0 Å². The highest BCUT2D eigenvalue weighted by atomic mass is 35.5. The third kappa shape index (κ3) is 3.61. The summed E-state index contributed by atoms with van der Waals surface area (Å²) in [5.41, 5.74) is 1.14. The molecular formula is C15H21ClFN. The zero-order valence-corrected chi connectivity index (χ0v) is 12.0. The first kappa shape index (κ1) is 13.7. The summed E-state index contributed by atoms with van der Waals surface area (Å²) in [5.74, 6) is 0.420. The molecule has 1 N–H and O–H groups in total. The van der Waals surface area contributed by atoms with E-state index in [9.17, 15) is 4.39 Å². The first-order valence-electron chi connectivity index (χ1n) is 6.57. The van der Waals surface area contributed by atoms with Crippen LogP contribution >= 0.6 is 11.6 Å². The second kappa shape index (κ2) is 5.08. The van der Waals surface area contributed by atoms with Gasteiger partial charge in [0, 0.05) is 16.8 Å². The molecule has 0 spiro atoms. The number of hydrogen-bond donors (Lipinski definition) is 1. The Balaban J connectivity index is 2.08. The van der Waals surface area contributed by atoms with Gasteiger partial charge < -0.3 is 5.32 Å². The SMILES string of the molecule is CC1CC(Nc2cc(F)cc(Cl)c2)CC(C)(C)C1. The number of rotatable bonds is 2. The second-order valence-corrected chi connectivity index (χ2v) is 6.85. The van der Waals surface area contributed by atoms with Crippen LogP contribution in [0.15, 0.2) is 18.2 Å². The largest absolute Gasteiger partial charge is 0.382 e. The molecule has 18 heavy (non-hydrogen) atoms. The second-order valence-electron chi connectivity index (χ2n) is 6.41. The van der Waals surface area contributed by atoms with Gasteiger partial charge in [0.1, 0.15) is 5.82 Å². The van der Waals surface area contributed by atoms with Gasteiger partial charge in [-0.15, -0.1) is 0 Å². The number of hydrogen-bond acceptors (Lipinski definition) is 1. The Kier molecular flexibility index (Phi) is 3.86. The molecule has 0 amide bonds. The van der Waals surface area contributed by atoms with Gasteiger partial charge in [-0.2, -0.15) is 0 Å². The van der Waals surface area contributed by atoms with Crippen molar-refractivity contribution in [2.75, 3.05) is 5.32 Å². The van der Waals surface area contributed by atoms with E-state index in [2.05, 4.69) is 26.1 Å². The summed E-state index contributed by atoms with van der Waals surface area (Å²) in [4.78, 5) is 0. The molecule has 3 heteroatoms. The fourth-order valence-corrected chi connectivity index (χ4v) is 3.55. The maximum Gasteiger partial charge on any atom is 0.126 e. The van der Waals surface area contributed by atoms with Gasteiger partial charge in [-0.05, 0) is 48.8 Å². The third-order valence-corrected chi connectivity index (χ3v) is 3.84. The first-order chi connectivity index (χ1) is 8.34. The molecule has 1 aliphatic rings. The Labute approximate surface area is 114 Å². The fourth-order valence-electron chi connectivity index (χ4n) is 3.33. The van der Waals surface area contributed by atoms with Crippen molar-refractivity contribution in [3.8, 4) is 0 Å². The molecule has 0 aliphatic heterocycles. The first-order valence-corrected chi connectivity index (χ1v) is 6.94.